The van der Waals surface area contributed by atoms with Crippen molar-refractivity contribution in [1.29, 1.82) is 0 Å². The molecule has 0 atom stereocenters. The summed E-state index contributed by atoms with van der Waals surface area (Å²) in [6.45, 7) is 0.100. The number of phenolic OH excluding ortho intramolecular Hbond substituents is 1. The number of carbonyl (C=O) groups excluding carboxylic acids is 2. The third kappa shape index (κ3) is 4.32. The summed E-state index contributed by atoms with van der Waals surface area (Å²) in [6, 6.07) is 8.27. The quantitative estimate of drug-likeness (QED) is 0.805. The summed E-state index contributed by atoms with van der Waals surface area (Å²) in [5, 5.41) is 11.6. The minimum Gasteiger partial charge on any atom is -0.507 e. The van der Waals surface area contributed by atoms with E-state index in [0.29, 0.717) is 11.0 Å². The van der Waals surface area contributed by atoms with Crippen molar-refractivity contribution in [2.75, 3.05) is 13.7 Å². The highest BCUT2D eigenvalue weighted by atomic mass is 79.9. The number of nitrogens with zero attached hydrogens (tertiary/aromatic N) is 1. The Bertz CT molecular complexity index is 672. The highest BCUT2D eigenvalue weighted by Crippen LogP contribution is 2.22. The molecule has 0 saturated heterocycles. The molecule has 0 aliphatic carbocycles. The number of hydrogen-bond donors (Lipinski definition) is 1. The highest BCUT2D eigenvalue weighted by molar-refractivity contribution is 9.10. The lowest BCUT2D eigenvalue weighted by molar-refractivity contribution is -0.133. The summed E-state index contributed by atoms with van der Waals surface area (Å²) in [5.74, 6) is -1.24. The summed E-state index contributed by atoms with van der Waals surface area (Å²) in [4.78, 5) is 26.4. The van der Waals surface area contributed by atoms with Gasteiger partial charge < -0.3 is 14.7 Å². The Morgan fingerprint density at radius 3 is 2.82 bits per heavy atom. The number of ether oxygens (including phenoxy) is 1. The van der Waals surface area contributed by atoms with E-state index in [-0.39, 0.29) is 23.8 Å². The van der Waals surface area contributed by atoms with Crippen LogP contribution in [0.25, 0.3) is 0 Å². The molecule has 2 rings (SSSR count). The standard InChI is InChI=1S/C15H14BrNO4S/c1-17(8-11-3-2-6-22-11)14(19)9-21-15(20)12-7-10(16)4-5-13(12)18/h2-7,18H,8-9H2,1H3. The molecule has 0 saturated carbocycles. The fourth-order valence-electron chi connectivity index (χ4n) is 1.71. The molecule has 2 aromatic rings. The Morgan fingerprint density at radius 2 is 2.14 bits per heavy atom. The molecular weight excluding hydrogens is 370 g/mol. The first-order valence-electron chi connectivity index (χ1n) is 6.39. The fourth-order valence-corrected chi connectivity index (χ4v) is 2.83. The predicted octanol–water partition coefficient (Wildman–Crippen LogP) is 3.03. The zero-order valence-corrected chi connectivity index (χ0v) is 14.2. The van der Waals surface area contributed by atoms with Crippen LogP contribution in [0.5, 0.6) is 5.75 Å². The number of thiophene rings is 1. The van der Waals surface area contributed by atoms with Gasteiger partial charge in [0.15, 0.2) is 6.61 Å². The molecule has 0 fully saturated rings. The van der Waals surface area contributed by atoms with Crippen LogP contribution in [-0.2, 0) is 16.1 Å². The molecule has 116 valence electrons. The molecule has 1 amide bonds. The van der Waals surface area contributed by atoms with Crippen LogP contribution in [0.4, 0.5) is 0 Å². The van der Waals surface area contributed by atoms with Gasteiger partial charge in [0.1, 0.15) is 11.3 Å². The number of halogens is 1. The SMILES string of the molecule is CN(Cc1cccs1)C(=O)COC(=O)c1cc(Br)ccc1O. The Kier molecular flexibility index (Phi) is 5.57. The summed E-state index contributed by atoms with van der Waals surface area (Å²) < 4.78 is 5.60. The molecule has 1 heterocycles. The third-order valence-electron chi connectivity index (χ3n) is 2.90. The van der Waals surface area contributed by atoms with Crippen LogP contribution < -0.4 is 0 Å². The topological polar surface area (TPSA) is 66.8 Å². The van der Waals surface area contributed by atoms with Crippen molar-refractivity contribution >= 4 is 39.1 Å². The monoisotopic (exact) mass is 383 g/mol. The molecule has 1 aromatic carbocycles. The average molecular weight is 384 g/mol. The Hall–Kier alpha value is -1.86. The van der Waals surface area contributed by atoms with E-state index in [1.807, 2.05) is 17.5 Å². The van der Waals surface area contributed by atoms with Crippen molar-refractivity contribution in [3.63, 3.8) is 0 Å². The number of carbonyl (C=O) groups is 2. The second kappa shape index (κ2) is 7.42. The van der Waals surface area contributed by atoms with Gasteiger partial charge in [-0.1, -0.05) is 22.0 Å². The van der Waals surface area contributed by atoms with Gasteiger partial charge in [0.25, 0.3) is 5.91 Å². The molecule has 0 unspecified atom stereocenters. The largest absolute Gasteiger partial charge is 0.507 e. The summed E-state index contributed by atoms with van der Waals surface area (Å²) in [6.07, 6.45) is 0. The van der Waals surface area contributed by atoms with Gasteiger partial charge in [0.05, 0.1) is 6.54 Å². The number of hydrogen-bond acceptors (Lipinski definition) is 5. The molecule has 0 radical (unpaired) electrons. The van der Waals surface area contributed by atoms with E-state index < -0.39 is 5.97 Å². The maximum Gasteiger partial charge on any atom is 0.342 e. The Balaban J connectivity index is 1.90. The van der Waals surface area contributed by atoms with Gasteiger partial charge in [-0.05, 0) is 29.6 Å². The summed E-state index contributed by atoms with van der Waals surface area (Å²) in [5.41, 5.74) is 0.0167. The highest BCUT2D eigenvalue weighted by Gasteiger charge is 2.17. The van der Waals surface area contributed by atoms with E-state index in [4.69, 9.17) is 4.74 Å². The van der Waals surface area contributed by atoms with Gasteiger partial charge in [0, 0.05) is 16.4 Å². The van der Waals surface area contributed by atoms with Crippen molar-refractivity contribution in [2.24, 2.45) is 0 Å². The van der Waals surface area contributed by atoms with Crippen molar-refractivity contribution in [3.8, 4) is 5.75 Å². The van der Waals surface area contributed by atoms with Crippen molar-refractivity contribution in [3.05, 3.63) is 50.6 Å². The van der Waals surface area contributed by atoms with Crippen LogP contribution in [-0.4, -0.2) is 35.5 Å². The van der Waals surface area contributed by atoms with E-state index in [0.717, 1.165) is 4.88 Å². The zero-order chi connectivity index (χ0) is 16.1. The second-order valence-electron chi connectivity index (χ2n) is 4.57. The lowest BCUT2D eigenvalue weighted by atomic mass is 10.2. The first kappa shape index (κ1) is 16.5. The summed E-state index contributed by atoms with van der Waals surface area (Å²) in [7, 11) is 1.65. The van der Waals surface area contributed by atoms with E-state index in [2.05, 4.69) is 15.9 Å². The lowest BCUT2D eigenvalue weighted by Crippen LogP contribution is -2.30. The second-order valence-corrected chi connectivity index (χ2v) is 6.51. The number of esters is 1. The van der Waals surface area contributed by atoms with Gasteiger partial charge in [-0.25, -0.2) is 4.79 Å². The van der Waals surface area contributed by atoms with Crippen LogP contribution >= 0.6 is 27.3 Å². The molecular formula is C15H14BrNO4S. The number of phenols is 1. The molecule has 1 N–H and O–H groups in total. The maximum absolute atomic E-state index is 11.9. The summed E-state index contributed by atoms with van der Waals surface area (Å²) >= 11 is 4.76. The molecule has 0 bridgehead atoms. The number of likely N-dealkylation sites (N-methyl/N-ethyl adjacent to an activating group) is 1. The molecule has 22 heavy (non-hydrogen) atoms. The molecule has 0 aliphatic rings. The molecule has 5 nitrogen and oxygen atoms in total. The fraction of sp³-hybridized carbons (Fsp3) is 0.200. The van der Waals surface area contributed by atoms with Crippen molar-refractivity contribution in [1.82, 2.24) is 4.90 Å². The van der Waals surface area contributed by atoms with Gasteiger partial charge in [0.2, 0.25) is 0 Å². The minimum absolute atomic E-state index is 0.0167. The first-order chi connectivity index (χ1) is 10.5. The maximum atomic E-state index is 11.9. The third-order valence-corrected chi connectivity index (χ3v) is 4.26. The van der Waals surface area contributed by atoms with Gasteiger partial charge in [-0.2, -0.15) is 0 Å². The van der Waals surface area contributed by atoms with Crippen LogP contribution in [0, 0.1) is 0 Å². The molecule has 0 spiro atoms. The lowest BCUT2D eigenvalue weighted by Gasteiger charge is -2.16. The Morgan fingerprint density at radius 1 is 1.36 bits per heavy atom. The van der Waals surface area contributed by atoms with Crippen LogP contribution in [0.3, 0.4) is 0 Å². The van der Waals surface area contributed by atoms with Crippen LogP contribution in [0.15, 0.2) is 40.2 Å². The first-order valence-corrected chi connectivity index (χ1v) is 8.06. The van der Waals surface area contributed by atoms with Crippen molar-refractivity contribution in [2.45, 2.75) is 6.54 Å². The van der Waals surface area contributed by atoms with Crippen LogP contribution in [0.1, 0.15) is 15.2 Å². The van der Waals surface area contributed by atoms with Crippen molar-refractivity contribution < 1.29 is 19.4 Å². The number of rotatable bonds is 5. The van der Waals surface area contributed by atoms with E-state index in [1.165, 1.54) is 17.0 Å². The average Bonchev–Trinajstić information content (AvgIpc) is 2.99. The van der Waals surface area contributed by atoms with Gasteiger partial charge >= 0.3 is 5.97 Å². The van der Waals surface area contributed by atoms with Gasteiger partial charge in [-0.3, -0.25) is 4.79 Å². The minimum atomic E-state index is -0.739. The number of aromatic hydroxyl groups is 1. The molecule has 0 aliphatic heterocycles. The smallest absolute Gasteiger partial charge is 0.342 e. The molecule has 7 heteroatoms. The normalized spacial score (nSPS) is 10.3. The number of amides is 1. The van der Waals surface area contributed by atoms with E-state index in [9.17, 15) is 14.7 Å². The van der Waals surface area contributed by atoms with E-state index in [1.54, 1.807) is 24.5 Å². The molecule has 1 aromatic heterocycles. The number of benzene rings is 1. The van der Waals surface area contributed by atoms with Gasteiger partial charge in [-0.15, -0.1) is 11.3 Å². The van der Waals surface area contributed by atoms with E-state index >= 15 is 0 Å². The zero-order valence-electron chi connectivity index (χ0n) is 11.8. The van der Waals surface area contributed by atoms with Crippen LogP contribution in [0.2, 0.25) is 0 Å². The Labute approximate surface area is 140 Å². The predicted molar refractivity (Wildman–Crippen MR) is 86.9 cm³/mol.